The zero-order valence-corrected chi connectivity index (χ0v) is 9.00. The number of benzene rings is 1. The van der Waals surface area contributed by atoms with Crippen molar-refractivity contribution in [3.05, 3.63) is 28.8 Å². The van der Waals surface area contributed by atoms with Crippen molar-refractivity contribution in [1.82, 2.24) is 0 Å². The number of halogens is 1. The van der Waals surface area contributed by atoms with Crippen LogP contribution < -0.4 is 4.90 Å². The molecule has 2 rings (SSSR count). The molecule has 0 aromatic heterocycles. The quantitative estimate of drug-likeness (QED) is 0.730. The topological polar surface area (TPSA) is 36.3 Å². The lowest BCUT2D eigenvalue weighted by molar-refractivity contribution is 0.122. The zero-order chi connectivity index (χ0) is 10.7. The van der Waals surface area contributed by atoms with Gasteiger partial charge in [0.1, 0.15) is 6.07 Å². The van der Waals surface area contributed by atoms with Gasteiger partial charge in [-0.15, -0.1) is 0 Å². The van der Waals surface area contributed by atoms with Crippen molar-refractivity contribution in [3.8, 4) is 6.07 Å². The zero-order valence-electron chi connectivity index (χ0n) is 8.24. The molecule has 0 amide bonds. The molecule has 0 radical (unpaired) electrons. The van der Waals surface area contributed by atoms with Crippen molar-refractivity contribution in [3.63, 3.8) is 0 Å². The van der Waals surface area contributed by atoms with Crippen LogP contribution in [0.5, 0.6) is 0 Å². The molecule has 0 spiro atoms. The Bertz CT molecular complexity index is 394. The SMILES string of the molecule is N#Cc1cc(N2CCOCC2)ccc1Cl. The first kappa shape index (κ1) is 10.3. The first-order valence-corrected chi connectivity index (χ1v) is 5.21. The van der Waals surface area contributed by atoms with Gasteiger partial charge in [-0.25, -0.2) is 0 Å². The second kappa shape index (κ2) is 4.52. The van der Waals surface area contributed by atoms with Crippen LogP contribution >= 0.6 is 11.6 Å². The van der Waals surface area contributed by atoms with Crippen molar-refractivity contribution in [1.29, 1.82) is 5.26 Å². The van der Waals surface area contributed by atoms with Crippen LogP contribution in [-0.2, 0) is 4.74 Å². The standard InChI is InChI=1S/C11H11ClN2O/c12-11-2-1-10(7-9(11)8-13)14-3-5-15-6-4-14/h1-2,7H,3-6H2. The summed E-state index contributed by atoms with van der Waals surface area (Å²) in [6, 6.07) is 7.62. The molecule has 0 bridgehead atoms. The van der Waals surface area contributed by atoms with E-state index in [0.717, 1.165) is 32.0 Å². The predicted molar refractivity (Wildman–Crippen MR) is 59.2 cm³/mol. The van der Waals surface area contributed by atoms with Crippen LogP contribution in [0.2, 0.25) is 5.02 Å². The molecule has 78 valence electrons. The molecule has 1 aliphatic heterocycles. The van der Waals surface area contributed by atoms with Gasteiger partial charge in [-0.05, 0) is 18.2 Å². The van der Waals surface area contributed by atoms with E-state index in [0.29, 0.717) is 10.6 Å². The van der Waals surface area contributed by atoms with Gasteiger partial charge in [-0.2, -0.15) is 5.26 Å². The number of nitriles is 1. The van der Waals surface area contributed by atoms with Gasteiger partial charge in [-0.3, -0.25) is 0 Å². The monoisotopic (exact) mass is 222 g/mol. The highest BCUT2D eigenvalue weighted by molar-refractivity contribution is 6.31. The van der Waals surface area contributed by atoms with Crippen molar-refractivity contribution in [2.45, 2.75) is 0 Å². The Morgan fingerprint density at radius 2 is 2.07 bits per heavy atom. The van der Waals surface area contributed by atoms with Gasteiger partial charge >= 0.3 is 0 Å². The lowest BCUT2D eigenvalue weighted by Gasteiger charge is -2.28. The second-order valence-corrected chi connectivity index (χ2v) is 3.78. The number of ether oxygens (including phenoxy) is 1. The molecule has 1 aliphatic rings. The van der Waals surface area contributed by atoms with Crippen molar-refractivity contribution < 1.29 is 4.74 Å². The van der Waals surface area contributed by atoms with Gasteiger partial charge in [0.25, 0.3) is 0 Å². The Balaban J connectivity index is 2.25. The predicted octanol–water partition coefficient (Wildman–Crippen LogP) is 2.05. The lowest BCUT2D eigenvalue weighted by atomic mass is 10.2. The van der Waals surface area contributed by atoms with E-state index in [1.807, 2.05) is 12.1 Å². The van der Waals surface area contributed by atoms with E-state index in [2.05, 4.69) is 11.0 Å². The summed E-state index contributed by atoms with van der Waals surface area (Å²) in [6.07, 6.45) is 0. The van der Waals surface area contributed by atoms with E-state index in [1.54, 1.807) is 6.07 Å². The maximum Gasteiger partial charge on any atom is 0.101 e. The van der Waals surface area contributed by atoms with Gasteiger partial charge < -0.3 is 9.64 Å². The minimum atomic E-state index is 0.509. The summed E-state index contributed by atoms with van der Waals surface area (Å²) in [7, 11) is 0. The third-order valence-corrected chi connectivity index (χ3v) is 2.78. The van der Waals surface area contributed by atoms with E-state index in [-0.39, 0.29) is 0 Å². The molecule has 1 heterocycles. The van der Waals surface area contributed by atoms with Crippen LogP contribution in [0.15, 0.2) is 18.2 Å². The smallest absolute Gasteiger partial charge is 0.101 e. The van der Waals surface area contributed by atoms with E-state index >= 15 is 0 Å². The fourth-order valence-electron chi connectivity index (χ4n) is 1.62. The summed E-state index contributed by atoms with van der Waals surface area (Å²) in [4.78, 5) is 2.20. The number of nitrogens with zero attached hydrogens (tertiary/aromatic N) is 2. The van der Waals surface area contributed by atoms with E-state index < -0.39 is 0 Å². The Labute approximate surface area is 93.8 Å². The summed E-state index contributed by atoms with van der Waals surface area (Å²) in [5.41, 5.74) is 1.57. The largest absolute Gasteiger partial charge is 0.378 e. The number of hydrogen-bond acceptors (Lipinski definition) is 3. The fourth-order valence-corrected chi connectivity index (χ4v) is 1.78. The minimum absolute atomic E-state index is 0.509. The van der Waals surface area contributed by atoms with Gasteiger partial charge in [-0.1, -0.05) is 11.6 Å². The highest BCUT2D eigenvalue weighted by Crippen LogP contribution is 2.23. The average Bonchev–Trinajstić information content (AvgIpc) is 2.31. The highest BCUT2D eigenvalue weighted by Gasteiger charge is 2.12. The third-order valence-electron chi connectivity index (χ3n) is 2.45. The van der Waals surface area contributed by atoms with Crippen molar-refractivity contribution in [2.24, 2.45) is 0 Å². The van der Waals surface area contributed by atoms with Gasteiger partial charge in [0, 0.05) is 18.8 Å². The highest BCUT2D eigenvalue weighted by atomic mass is 35.5. The first-order chi connectivity index (χ1) is 7.31. The summed E-state index contributed by atoms with van der Waals surface area (Å²) in [5, 5.41) is 9.37. The molecule has 0 unspecified atom stereocenters. The summed E-state index contributed by atoms with van der Waals surface area (Å²) < 4.78 is 5.27. The van der Waals surface area contributed by atoms with Crippen LogP contribution in [-0.4, -0.2) is 26.3 Å². The molecular formula is C11H11ClN2O. The molecule has 0 atom stereocenters. The number of morpholine rings is 1. The minimum Gasteiger partial charge on any atom is -0.378 e. The van der Waals surface area contributed by atoms with Crippen LogP contribution in [0.25, 0.3) is 0 Å². The number of rotatable bonds is 1. The molecule has 1 saturated heterocycles. The van der Waals surface area contributed by atoms with Crippen LogP contribution in [0.1, 0.15) is 5.56 Å². The van der Waals surface area contributed by atoms with Crippen LogP contribution in [0.3, 0.4) is 0 Å². The summed E-state index contributed by atoms with van der Waals surface area (Å²) >= 11 is 5.87. The van der Waals surface area contributed by atoms with Gasteiger partial charge in [0.15, 0.2) is 0 Å². The van der Waals surface area contributed by atoms with E-state index in [9.17, 15) is 0 Å². The molecule has 4 heteroatoms. The lowest BCUT2D eigenvalue weighted by Crippen LogP contribution is -2.36. The Morgan fingerprint density at radius 3 is 2.73 bits per heavy atom. The fraction of sp³-hybridized carbons (Fsp3) is 0.364. The normalized spacial score (nSPS) is 16.1. The molecule has 1 aromatic carbocycles. The molecular weight excluding hydrogens is 212 g/mol. The van der Waals surface area contributed by atoms with E-state index in [1.165, 1.54) is 0 Å². The van der Waals surface area contributed by atoms with E-state index in [4.69, 9.17) is 21.6 Å². The van der Waals surface area contributed by atoms with Crippen LogP contribution in [0.4, 0.5) is 5.69 Å². The molecule has 1 aromatic rings. The molecule has 0 aliphatic carbocycles. The van der Waals surface area contributed by atoms with Gasteiger partial charge in [0.05, 0.1) is 23.8 Å². The average molecular weight is 223 g/mol. The molecule has 15 heavy (non-hydrogen) atoms. The first-order valence-electron chi connectivity index (χ1n) is 4.83. The summed E-state index contributed by atoms with van der Waals surface area (Å²) in [6.45, 7) is 3.22. The Kier molecular flexibility index (Phi) is 3.10. The Morgan fingerprint density at radius 1 is 1.33 bits per heavy atom. The molecule has 0 N–H and O–H groups in total. The molecule has 1 fully saturated rings. The van der Waals surface area contributed by atoms with Crippen molar-refractivity contribution >= 4 is 17.3 Å². The third kappa shape index (κ3) is 2.23. The number of hydrogen-bond donors (Lipinski definition) is 0. The second-order valence-electron chi connectivity index (χ2n) is 3.38. The number of anilines is 1. The maximum absolute atomic E-state index is 8.86. The Hall–Kier alpha value is -1.24. The molecule has 0 saturated carbocycles. The van der Waals surface area contributed by atoms with Gasteiger partial charge in [0.2, 0.25) is 0 Å². The maximum atomic E-state index is 8.86. The van der Waals surface area contributed by atoms with Crippen LogP contribution in [0, 0.1) is 11.3 Å². The molecule has 3 nitrogen and oxygen atoms in total. The van der Waals surface area contributed by atoms with Crippen molar-refractivity contribution in [2.75, 3.05) is 31.2 Å². The summed E-state index contributed by atoms with van der Waals surface area (Å²) in [5.74, 6) is 0.